The molecule has 1 aromatic rings. The average molecular weight is 238 g/mol. The zero-order valence-corrected chi connectivity index (χ0v) is 11.1. The summed E-state index contributed by atoms with van der Waals surface area (Å²) >= 11 is 4.15. The van der Waals surface area contributed by atoms with Crippen molar-refractivity contribution < 1.29 is 5.11 Å². The fraction of sp³-hybridized carbons (Fsp3) is 0.571. The van der Waals surface area contributed by atoms with E-state index in [1.165, 1.54) is 5.56 Å². The Morgan fingerprint density at radius 3 is 2.44 bits per heavy atom. The van der Waals surface area contributed by atoms with Crippen LogP contribution in [0.25, 0.3) is 0 Å². The smallest absolute Gasteiger partial charge is 0.0678 e. The molecule has 1 aromatic carbocycles. The number of hydrogen-bond donors (Lipinski definition) is 2. The van der Waals surface area contributed by atoms with Gasteiger partial charge in [0.25, 0.3) is 0 Å². The van der Waals surface area contributed by atoms with Crippen LogP contribution >= 0.6 is 12.6 Å². The van der Waals surface area contributed by atoms with Crippen molar-refractivity contribution in [2.24, 2.45) is 5.41 Å². The highest BCUT2D eigenvalue weighted by atomic mass is 32.1. The van der Waals surface area contributed by atoms with Gasteiger partial charge in [0.1, 0.15) is 0 Å². The molecule has 1 unspecified atom stereocenters. The third-order valence-electron chi connectivity index (χ3n) is 3.20. The molecular formula is C14H22OS. The largest absolute Gasteiger partial charge is 0.392 e. The second-order valence-electron chi connectivity index (χ2n) is 5.03. The molecule has 1 rings (SSSR count). The monoisotopic (exact) mass is 238 g/mol. The van der Waals surface area contributed by atoms with Gasteiger partial charge in [-0.15, -0.1) is 0 Å². The van der Waals surface area contributed by atoms with Gasteiger partial charge in [-0.2, -0.15) is 12.6 Å². The molecule has 90 valence electrons. The lowest BCUT2D eigenvalue weighted by Gasteiger charge is -2.29. The third-order valence-corrected chi connectivity index (χ3v) is 3.55. The minimum atomic E-state index is -0.313. The molecule has 16 heavy (non-hydrogen) atoms. The van der Waals surface area contributed by atoms with Crippen molar-refractivity contribution in [1.82, 2.24) is 0 Å². The second-order valence-corrected chi connectivity index (χ2v) is 5.39. The lowest BCUT2D eigenvalue weighted by molar-refractivity contribution is 0.0625. The minimum Gasteiger partial charge on any atom is -0.392 e. The fourth-order valence-corrected chi connectivity index (χ4v) is 2.30. The van der Waals surface area contributed by atoms with Gasteiger partial charge in [0.2, 0.25) is 0 Å². The molecule has 0 fully saturated rings. The summed E-state index contributed by atoms with van der Waals surface area (Å²) in [5.41, 5.74) is 1.34. The van der Waals surface area contributed by atoms with Crippen LogP contribution in [0.4, 0.5) is 0 Å². The van der Waals surface area contributed by atoms with Crippen LogP contribution in [0.1, 0.15) is 32.3 Å². The molecule has 2 heteroatoms. The summed E-state index contributed by atoms with van der Waals surface area (Å²) in [4.78, 5) is 0. The van der Waals surface area contributed by atoms with E-state index < -0.39 is 0 Å². The second kappa shape index (κ2) is 6.31. The SMILES string of the molecule is CC(C)(CCCc1ccccc1)C(O)CS. The number of benzene rings is 1. The Labute approximate surface area is 104 Å². The van der Waals surface area contributed by atoms with Crippen molar-refractivity contribution >= 4 is 12.6 Å². The number of aryl methyl sites for hydroxylation is 1. The van der Waals surface area contributed by atoms with Gasteiger partial charge in [-0.3, -0.25) is 0 Å². The minimum absolute atomic E-state index is 0.0312. The molecule has 0 aliphatic carbocycles. The Hall–Kier alpha value is -0.470. The van der Waals surface area contributed by atoms with Crippen LogP contribution in [0.5, 0.6) is 0 Å². The Balaban J connectivity index is 2.35. The molecule has 0 saturated heterocycles. The van der Waals surface area contributed by atoms with Crippen molar-refractivity contribution in [2.45, 2.75) is 39.2 Å². The maximum absolute atomic E-state index is 9.81. The van der Waals surface area contributed by atoms with Crippen LogP contribution < -0.4 is 0 Å². The van der Waals surface area contributed by atoms with Gasteiger partial charge in [-0.1, -0.05) is 44.2 Å². The Kier molecular flexibility index (Phi) is 5.36. The average Bonchev–Trinajstić information content (AvgIpc) is 2.29. The van der Waals surface area contributed by atoms with E-state index in [1.54, 1.807) is 0 Å². The van der Waals surface area contributed by atoms with E-state index in [1.807, 2.05) is 6.07 Å². The molecule has 0 bridgehead atoms. The van der Waals surface area contributed by atoms with Crippen LogP contribution in [0.2, 0.25) is 0 Å². The molecule has 0 heterocycles. The van der Waals surface area contributed by atoms with Crippen LogP contribution in [0.15, 0.2) is 30.3 Å². The van der Waals surface area contributed by atoms with E-state index in [4.69, 9.17) is 0 Å². The zero-order valence-electron chi connectivity index (χ0n) is 10.2. The summed E-state index contributed by atoms with van der Waals surface area (Å²) < 4.78 is 0. The summed E-state index contributed by atoms with van der Waals surface area (Å²) in [5.74, 6) is 0.540. The number of thiol groups is 1. The first-order valence-electron chi connectivity index (χ1n) is 5.89. The fourth-order valence-electron chi connectivity index (χ4n) is 1.81. The van der Waals surface area contributed by atoms with Crippen molar-refractivity contribution in [3.05, 3.63) is 35.9 Å². The van der Waals surface area contributed by atoms with Gasteiger partial charge in [-0.05, 0) is 30.2 Å². The molecule has 0 spiro atoms. The number of rotatable bonds is 6. The van der Waals surface area contributed by atoms with E-state index >= 15 is 0 Å². The summed E-state index contributed by atoms with van der Waals surface area (Å²) in [6.07, 6.45) is 2.92. The first kappa shape index (κ1) is 13.6. The zero-order chi connectivity index (χ0) is 12.0. The van der Waals surface area contributed by atoms with E-state index in [0.717, 1.165) is 19.3 Å². The molecule has 0 aromatic heterocycles. The molecule has 1 atom stereocenters. The van der Waals surface area contributed by atoms with Gasteiger partial charge in [0.15, 0.2) is 0 Å². The molecule has 0 amide bonds. The highest BCUT2D eigenvalue weighted by molar-refractivity contribution is 7.80. The molecule has 1 N–H and O–H groups in total. The normalized spacial score (nSPS) is 13.8. The summed E-state index contributed by atoms with van der Waals surface area (Å²) in [5, 5.41) is 9.81. The first-order valence-corrected chi connectivity index (χ1v) is 6.52. The molecular weight excluding hydrogens is 216 g/mol. The summed E-state index contributed by atoms with van der Waals surface area (Å²) in [6, 6.07) is 10.5. The van der Waals surface area contributed by atoms with Crippen molar-refractivity contribution in [3.8, 4) is 0 Å². The predicted octanol–water partition coefficient (Wildman–Crippen LogP) is 3.33. The lowest BCUT2D eigenvalue weighted by atomic mass is 9.82. The van der Waals surface area contributed by atoms with Gasteiger partial charge in [-0.25, -0.2) is 0 Å². The Bertz CT molecular complexity index is 295. The Morgan fingerprint density at radius 1 is 1.25 bits per heavy atom. The van der Waals surface area contributed by atoms with Crippen LogP contribution in [-0.2, 0) is 6.42 Å². The van der Waals surface area contributed by atoms with Crippen molar-refractivity contribution in [3.63, 3.8) is 0 Å². The summed E-state index contributed by atoms with van der Waals surface area (Å²) in [6.45, 7) is 4.22. The molecule has 1 nitrogen and oxygen atoms in total. The van der Waals surface area contributed by atoms with Crippen molar-refractivity contribution in [1.29, 1.82) is 0 Å². The van der Waals surface area contributed by atoms with E-state index in [9.17, 15) is 5.11 Å². The lowest BCUT2D eigenvalue weighted by Crippen LogP contribution is -2.30. The number of hydrogen-bond acceptors (Lipinski definition) is 2. The molecule has 0 radical (unpaired) electrons. The quantitative estimate of drug-likeness (QED) is 0.728. The molecule has 0 aliphatic rings. The van der Waals surface area contributed by atoms with E-state index in [0.29, 0.717) is 5.75 Å². The third kappa shape index (κ3) is 4.18. The van der Waals surface area contributed by atoms with Gasteiger partial charge >= 0.3 is 0 Å². The number of aliphatic hydroxyl groups is 1. The highest BCUT2D eigenvalue weighted by Crippen LogP contribution is 2.28. The first-order chi connectivity index (χ1) is 7.56. The van der Waals surface area contributed by atoms with E-state index in [-0.39, 0.29) is 11.5 Å². The molecule has 0 aliphatic heterocycles. The van der Waals surface area contributed by atoms with Crippen LogP contribution in [-0.4, -0.2) is 17.0 Å². The van der Waals surface area contributed by atoms with Gasteiger partial charge in [0.05, 0.1) is 6.10 Å². The maximum atomic E-state index is 9.81. The van der Waals surface area contributed by atoms with Gasteiger partial charge < -0.3 is 5.11 Å². The highest BCUT2D eigenvalue weighted by Gasteiger charge is 2.25. The molecule has 0 saturated carbocycles. The van der Waals surface area contributed by atoms with Crippen LogP contribution in [0, 0.1) is 5.41 Å². The summed E-state index contributed by atoms with van der Waals surface area (Å²) in [7, 11) is 0. The standard InChI is InChI=1S/C14H22OS/c1-14(2,13(15)11-16)10-6-9-12-7-4-3-5-8-12/h3-5,7-8,13,15-16H,6,9-11H2,1-2H3. The van der Waals surface area contributed by atoms with Gasteiger partial charge in [0, 0.05) is 5.75 Å². The van der Waals surface area contributed by atoms with Crippen molar-refractivity contribution in [2.75, 3.05) is 5.75 Å². The number of aliphatic hydroxyl groups excluding tert-OH is 1. The van der Waals surface area contributed by atoms with Crippen LogP contribution in [0.3, 0.4) is 0 Å². The van der Waals surface area contributed by atoms with E-state index in [2.05, 4.69) is 50.7 Å². The Morgan fingerprint density at radius 2 is 1.88 bits per heavy atom. The predicted molar refractivity (Wildman–Crippen MR) is 73.0 cm³/mol. The maximum Gasteiger partial charge on any atom is 0.0678 e. The topological polar surface area (TPSA) is 20.2 Å².